The monoisotopic (exact) mass is 355 g/mol. The molecule has 0 aliphatic carbocycles. The van der Waals surface area contributed by atoms with Crippen molar-refractivity contribution in [2.75, 3.05) is 11.9 Å². The number of carbonyl (C=O) groups excluding carboxylic acids is 1. The van der Waals surface area contributed by atoms with Crippen molar-refractivity contribution >= 4 is 34.4 Å². The second-order valence-corrected chi connectivity index (χ2v) is 6.63. The Morgan fingerprint density at radius 2 is 1.96 bits per heavy atom. The first-order valence-corrected chi connectivity index (χ1v) is 9.06. The minimum absolute atomic E-state index is 0.0456. The molecule has 3 rings (SSSR count). The van der Waals surface area contributed by atoms with Gasteiger partial charge in [-0.25, -0.2) is 0 Å². The molecule has 0 radical (unpaired) electrons. The average Bonchev–Trinajstić information content (AvgIpc) is 3.11. The quantitative estimate of drug-likeness (QED) is 0.705. The lowest BCUT2D eigenvalue weighted by Gasteiger charge is -2.12. The topological polar surface area (TPSA) is 64.1 Å². The smallest absolute Gasteiger partial charge is 0.262 e. The number of benzene rings is 2. The van der Waals surface area contributed by atoms with Crippen LogP contribution in [-0.4, -0.2) is 21.3 Å². The summed E-state index contributed by atoms with van der Waals surface area (Å²) >= 11 is 1.14. The Morgan fingerprint density at radius 3 is 2.68 bits per heavy atom. The van der Waals surface area contributed by atoms with E-state index in [9.17, 15) is 4.79 Å². The SMILES string of the molecule is CCC(C)c1ccc(OCC(=O)Nc2c(C)ccc3nsnc23)cc1. The van der Waals surface area contributed by atoms with Crippen molar-refractivity contribution in [2.24, 2.45) is 0 Å². The first-order valence-electron chi connectivity index (χ1n) is 8.33. The van der Waals surface area contributed by atoms with Crippen molar-refractivity contribution in [1.82, 2.24) is 8.75 Å². The molecule has 0 saturated carbocycles. The molecule has 0 aliphatic rings. The van der Waals surface area contributed by atoms with Crippen LogP contribution < -0.4 is 10.1 Å². The van der Waals surface area contributed by atoms with Crippen LogP contribution in [-0.2, 0) is 4.79 Å². The Hall–Kier alpha value is -2.47. The number of anilines is 1. The molecule has 6 heteroatoms. The van der Waals surface area contributed by atoms with E-state index in [4.69, 9.17) is 4.74 Å². The van der Waals surface area contributed by atoms with Gasteiger partial charge in [0.1, 0.15) is 16.8 Å². The molecule has 0 bridgehead atoms. The molecule has 0 spiro atoms. The molecule has 1 atom stereocenters. The van der Waals surface area contributed by atoms with Gasteiger partial charge < -0.3 is 10.1 Å². The molecule has 1 heterocycles. The van der Waals surface area contributed by atoms with E-state index >= 15 is 0 Å². The standard InChI is InChI=1S/C19H21N3O2S/c1-4-12(2)14-6-8-15(9-7-14)24-11-17(23)20-18-13(3)5-10-16-19(18)22-25-21-16/h5-10,12H,4,11H2,1-3H3,(H,20,23). The van der Waals surface area contributed by atoms with Gasteiger partial charge in [-0.15, -0.1) is 0 Å². The minimum Gasteiger partial charge on any atom is -0.484 e. The van der Waals surface area contributed by atoms with Crippen LogP contribution in [0.4, 0.5) is 5.69 Å². The van der Waals surface area contributed by atoms with Crippen LogP contribution in [0.1, 0.15) is 37.3 Å². The van der Waals surface area contributed by atoms with Crippen LogP contribution in [0.2, 0.25) is 0 Å². The van der Waals surface area contributed by atoms with E-state index in [2.05, 4.69) is 27.9 Å². The largest absolute Gasteiger partial charge is 0.484 e. The lowest BCUT2D eigenvalue weighted by atomic mass is 9.99. The molecular weight excluding hydrogens is 334 g/mol. The summed E-state index contributed by atoms with van der Waals surface area (Å²) < 4.78 is 14.1. The van der Waals surface area contributed by atoms with Gasteiger partial charge in [0.05, 0.1) is 17.4 Å². The molecule has 0 fully saturated rings. The fourth-order valence-electron chi connectivity index (χ4n) is 2.56. The zero-order valence-corrected chi connectivity index (χ0v) is 15.4. The predicted octanol–water partition coefficient (Wildman–Crippen LogP) is 4.53. The molecule has 1 amide bonds. The van der Waals surface area contributed by atoms with Crippen LogP contribution in [0.25, 0.3) is 11.0 Å². The van der Waals surface area contributed by atoms with Gasteiger partial charge in [0.25, 0.3) is 5.91 Å². The lowest BCUT2D eigenvalue weighted by Crippen LogP contribution is -2.20. The van der Waals surface area contributed by atoms with Crippen LogP contribution >= 0.6 is 11.7 Å². The third-order valence-electron chi connectivity index (χ3n) is 4.33. The second-order valence-electron chi connectivity index (χ2n) is 6.10. The van der Waals surface area contributed by atoms with Gasteiger partial charge in [-0.05, 0) is 48.6 Å². The zero-order valence-electron chi connectivity index (χ0n) is 14.6. The number of ether oxygens (including phenoxy) is 1. The molecule has 5 nitrogen and oxygen atoms in total. The van der Waals surface area contributed by atoms with Crippen molar-refractivity contribution in [2.45, 2.75) is 33.1 Å². The maximum atomic E-state index is 12.2. The zero-order chi connectivity index (χ0) is 17.8. The normalized spacial score (nSPS) is 12.1. The first kappa shape index (κ1) is 17.4. The van der Waals surface area contributed by atoms with Gasteiger partial charge >= 0.3 is 0 Å². The van der Waals surface area contributed by atoms with Gasteiger partial charge in [0.2, 0.25) is 0 Å². The number of carbonyl (C=O) groups is 1. The van der Waals surface area contributed by atoms with E-state index < -0.39 is 0 Å². The highest BCUT2D eigenvalue weighted by atomic mass is 32.1. The molecule has 0 saturated heterocycles. The summed E-state index contributed by atoms with van der Waals surface area (Å²) in [5.74, 6) is 0.995. The fraction of sp³-hybridized carbons (Fsp3) is 0.316. The number of fused-ring (bicyclic) bond motifs is 1. The number of aromatic nitrogens is 2. The predicted molar refractivity (Wildman–Crippen MR) is 101 cm³/mol. The Morgan fingerprint density at radius 1 is 1.20 bits per heavy atom. The number of nitrogens with one attached hydrogen (secondary N) is 1. The highest BCUT2D eigenvalue weighted by Gasteiger charge is 2.12. The number of rotatable bonds is 6. The number of hydrogen-bond donors (Lipinski definition) is 1. The Bertz CT molecular complexity index is 874. The van der Waals surface area contributed by atoms with E-state index in [0.717, 1.165) is 34.7 Å². The molecule has 130 valence electrons. The van der Waals surface area contributed by atoms with E-state index in [0.29, 0.717) is 17.4 Å². The van der Waals surface area contributed by atoms with E-state index in [1.54, 1.807) is 0 Å². The first-order chi connectivity index (χ1) is 12.1. The maximum absolute atomic E-state index is 12.2. The summed E-state index contributed by atoms with van der Waals surface area (Å²) in [6, 6.07) is 11.7. The third kappa shape index (κ3) is 3.96. The lowest BCUT2D eigenvalue weighted by molar-refractivity contribution is -0.118. The van der Waals surface area contributed by atoms with Crippen molar-refractivity contribution < 1.29 is 9.53 Å². The summed E-state index contributed by atoms with van der Waals surface area (Å²) in [6.45, 7) is 6.25. The molecule has 2 aromatic carbocycles. The highest BCUT2D eigenvalue weighted by Crippen LogP contribution is 2.25. The van der Waals surface area contributed by atoms with E-state index in [1.165, 1.54) is 5.56 Å². The molecule has 1 aromatic heterocycles. The van der Waals surface area contributed by atoms with Gasteiger partial charge in [-0.3, -0.25) is 4.79 Å². The van der Waals surface area contributed by atoms with Gasteiger partial charge in [-0.2, -0.15) is 8.75 Å². The third-order valence-corrected chi connectivity index (χ3v) is 4.87. The Labute approximate surface area is 151 Å². The number of amides is 1. The van der Waals surface area contributed by atoms with Crippen molar-refractivity contribution in [3.05, 3.63) is 47.5 Å². The van der Waals surface area contributed by atoms with Crippen molar-refractivity contribution in [3.63, 3.8) is 0 Å². The Kier molecular flexibility index (Phi) is 5.28. The second kappa shape index (κ2) is 7.61. The van der Waals surface area contributed by atoms with Crippen molar-refractivity contribution in [3.8, 4) is 5.75 Å². The minimum atomic E-state index is -0.213. The van der Waals surface area contributed by atoms with Crippen LogP contribution in [0.3, 0.4) is 0 Å². The van der Waals surface area contributed by atoms with Crippen LogP contribution in [0.5, 0.6) is 5.75 Å². The fourth-order valence-corrected chi connectivity index (χ4v) is 3.11. The maximum Gasteiger partial charge on any atom is 0.262 e. The summed E-state index contributed by atoms with van der Waals surface area (Å²) in [4.78, 5) is 12.2. The van der Waals surface area contributed by atoms with E-state index in [1.807, 2.05) is 43.3 Å². The highest BCUT2D eigenvalue weighted by molar-refractivity contribution is 7.00. The number of nitrogens with zero attached hydrogens (tertiary/aromatic N) is 2. The number of aryl methyl sites for hydroxylation is 1. The van der Waals surface area contributed by atoms with E-state index in [-0.39, 0.29) is 12.5 Å². The summed E-state index contributed by atoms with van der Waals surface area (Å²) in [5, 5.41) is 2.89. The summed E-state index contributed by atoms with van der Waals surface area (Å²) in [5.41, 5.74) is 4.43. The molecule has 3 aromatic rings. The average molecular weight is 355 g/mol. The molecule has 25 heavy (non-hydrogen) atoms. The molecular formula is C19H21N3O2S. The molecule has 1 N–H and O–H groups in total. The number of hydrogen-bond acceptors (Lipinski definition) is 5. The summed E-state index contributed by atoms with van der Waals surface area (Å²) in [6.07, 6.45) is 1.10. The molecule has 1 unspecified atom stereocenters. The Balaban J connectivity index is 1.63. The van der Waals surface area contributed by atoms with Crippen LogP contribution in [0, 0.1) is 6.92 Å². The summed E-state index contributed by atoms with van der Waals surface area (Å²) in [7, 11) is 0. The van der Waals surface area contributed by atoms with Gasteiger partial charge in [0.15, 0.2) is 6.61 Å². The van der Waals surface area contributed by atoms with Crippen LogP contribution in [0.15, 0.2) is 36.4 Å². The van der Waals surface area contributed by atoms with Gasteiger partial charge in [-0.1, -0.05) is 32.0 Å². The van der Waals surface area contributed by atoms with Gasteiger partial charge in [0, 0.05) is 0 Å². The molecule has 0 aliphatic heterocycles. The van der Waals surface area contributed by atoms with Crippen molar-refractivity contribution in [1.29, 1.82) is 0 Å².